The number of rotatable bonds is 5. The van der Waals surface area contributed by atoms with Crippen LogP contribution in [0.2, 0.25) is 0 Å². The van der Waals surface area contributed by atoms with Gasteiger partial charge in [0.1, 0.15) is 11.1 Å². The Morgan fingerprint density at radius 2 is 2.00 bits per heavy atom. The molecule has 1 saturated heterocycles. The molecule has 6 heteroatoms. The number of aromatic nitrogens is 1. The topological polar surface area (TPSA) is 74.1 Å². The maximum absolute atomic E-state index is 12.7. The third kappa shape index (κ3) is 3.57. The van der Waals surface area contributed by atoms with Crippen molar-refractivity contribution in [3.63, 3.8) is 0 Å². The Balaban J connectivity index is 1.85. The highest BCUT2D eigenvalue weighted by Crippen LogP contribution is 2.34. The lowest BCUT2D eigenvalue weighted by molar-refractivity contribution is -0.121. The van der Waals surface area contributed by atoms with Crippen molar-refractivity contribution in [2.75, 3.05) is 4.90 Å². The molecule has 3 rings (SSSR count). The molecule has 1 aliphatic heterocycles. The number of pyridine rings is 1. The molecule has 2 amide bonds. The predicted molar refractivity (Wildman–Crippen MR) is 96.1 cm³/mol. The second kappa shape index (κ2) is 7.49. The summed E-state index contributed by atoms with van der Waals surface area (Å²) in [5.74, 6) is -0.482. The van der Waals surface area contributed by atoms with E-state index in [0.717, 1.165) is 18.5 Å². The Labute approximate surface area is 150 Å². The van der Waals surface area contributed by atoms with Crippen LogP contribution in [-0.2, 0) is 16.0 Å². The minimum atomic E-state index is -0.552. The lowest BCUT2D eigenvalue weighted by Gasteiger charge is -2.14. The summed E-state index contributed by atoms with van der Waals surface area (Å²) in [6.07, 6.45) is 1.88. The van der Waals surface area contributed by atoms with E-state index in [4.69, 9.17) is 0 Å². The number of nitriles is 1. The molecule has 1 aromatic carbocycles. The first kappa shape index (κ1) is 17.2. The molecule has 0 N–H and O–H groups in total. The van der Waals surface area contributed by atoms with Crippen LogP contribution in [0.5, 0.6) is 0 Å². The summed E-state index contributed by atoms with van der Waals surface area (Å²) in [5.41, 5.74) is 1.90. The summed E-state index contributed by atoms with van der Waals surface area (Å²) in [5, 5.41) is 9.27. The predicted octanol–water partition coefficient (Wildman–Crippen LogP) is 3.33. The lowest BCUT2D eigenvalue weighted by Crippen LogP contribution is -2.31. The minimum absolute atomic E-state index is 0.114. The quantitative estimate of drug-likeness (QED) is 0.773. The molecule has 25 heavy (non-hydrogen) atoms. The van der Waals surface area contributed by atoms with Gasteiger partial charge in [0.15, 0.2) is 0 Å². The zero-order chi connectivity index (χ0) is 17.8. The van der Waals surface area contributed by atoms with Gasteiger partial charge < -0.3 is 0 Å². The lowest BCUT2D eigenvalue weighted by atomic mass is 10.2. The fourth-order valence-electron chi connectivity index (χ4n) is 2.73. The van der Waals surface area contributed by atoms with E-state index in [2.05, 4.69) is 18.0 Å². The molecule has 1 aliphatic rings. The fourth-order valence-corrected chi connectivity index (χ4v) is 3.84. The molecule has 1 fully saturated rings. The molecule has 2 heterocycles. The van der Waals surface area contributed by atoms with E-state index in [-0.39, 0.29) is 18.2 Å². The molecule has 0 unspecified atom stereocenters. The zero-order valence-electron chi connectivity index (χ0n) is 13.8. The maximum Gasteiger partial charge on any atom is 0.247 e. The summed E-state index contributed by atoms with van der Waals surface area (Å²) in [7, 11) is 0. The van der Waals surface area contributed by atoms with Gasteiger partial charge in [-0.25, -0.2) is 9.88 Å². The fraction of sp³-hybridized carbons (Fsp3) is 0.263. The molecule has 1 aromatic heterocycles. The highest BCUT2D eigenvalue weighted by Gasteiger charge is 2.40. The van der Waals surface area contributed by atoms with Crippen molar-refractivity contribution >= 4 is 29.3 Å². The Morgan fingerprint density at radius 1 is 1.24 bits per heavy atom. The largest absolute Gasteiger partial charge is 0.274 e. The van der Waals surface area contributed by atoms with E-state index in [1.807, 2.05) is 12.1 Å². The van der Waals surface area contributed by atoms with Gasteiger partial charge in [-0.15, -0.1) is 0 Å². The van der Waals surface area contributed by atoms with E-state index >= 15 is 0 Å². The average molecular weight is 351 g/mol. The van der Waals surface area contributed by atoms with Crippen LogP contribution in [0.3, 0.4) is 0 Å². The van der Waals surface area contributed by atoms with Gasteiger partial charge in [-0.05, 0) is 30.7 Å². The van der Waals surface area contributed by atoms with Crippen molar-refractivity contribution < 1.29 is 9.59 Å². The number of thioether (sulfide) groups is 1. The van der Waals surface area contributed by atoms with E-state index in [1.54, 1.807) is 30.3 Å². The third-order valence-electron chi connectivity index (χ3n) is 3.92. The number of nitrogens with zero attached hydrogens (tertiary/aromatic N) is 3. The summed E-state index contributed by atoms with van der Waals surface area (Å²) < 4.78 is 0. The molecule has 2 aromatic rings. The summed E-state index contributed by atoms with van der Waals surface area (Å²) >= 11 is 1.21. The number of benzene rings is 1. The van der Waals surface area contributed by atoms with Crippen molar-refractivity contribution in [3.05, 3.63) is 53.7 Å². The van der Waals surface area contributed by atoms with Crippen LogP contribution in [0.15, 0.2) is 47.5 Å². The van der Waals surface area contributed by atoms with Gasteiger partial charge in [0.25, 0.3) is 0 Å². The molecule has 0 saturated carbocycles. The molecule has 0 bridgehead atoms. The van der Waals surface area contributed by atoms with E-state index in [9.17, 15) is 14.9 Å². The second-order valence-corrected chi connectivity index (χ2v) is 6.92. The molecule has 0 radical (unpaired) electrons. The van der Waals surface area contributed by atoms with Crippen LogP contribution in [0.25, 0.3) is 0 Å². The highest BCUT2D eigenvalue weighted by atomic mass is 32.2. The van der Waals surface area contributed by atoms with Crippen LogP contribution < -0.4 is 4.90 Å². The number of amides is 2. The van der Waals surface area contributed by atoms with Crippen LogP contribution in [0.1, 0.15) is 31.0 Å². The minimum Gasteiger partial charge on any atom is -0.274 e. The SMILES string of the molecule is CCCc1ccc(C#N)c(S[C@H]2CC(=O)N(c3ccccc3)C2=O)n1. The van der Waals surface area contributed by atoms with Gasteiger partial charge in [0.05, 0.1) is 16.5 Å². The number of hydrogen-bond acceptors (Lipinski definition) is 5. The number of anilines is 1. The average Bonchev–Trinajstić information content (AvgIpc) is 2.90. The molecule has 1 atom stereocenters. The first-order valence-corrected chi connectivity index (χ1v) is 9.00. The summed E-state index contributed by atoms with van der Waals surface area (Å²) in [6, 6.07) is 14.6. The Morgan fingerprint density at radius 3 is 2.68 bits per heavy atom. The van der Waals surface area contributed by atoms with E-state index in [1.165, 1.54) is 16.7 Å². The molecular weight excluding hydrogens is 334 g/mol. The number of para-hydroxylation sites is 1. The standard InChI is InChI=1S/C19H17N3O2S/c1-2-6-14-10-9-13(12-20)18(21-14)25-16-11-17(23)22(19(16)24)15-7-4-3-5-8-15/h3-5,7-10,16H,2,6,11H2,1H3/t16-/m0/s1. The molecule has 0 spiro atoms. The molecule has 0 aliphatic carbocycles. The van der Waals surface area contributed by atoms with Crippen LogP contribution in [0.4, 0.5) is 5.69 Å². The van der Waals surface area contributed by atoms with Gasteiger partial charge >= 0.3 is 0 Å². The number of carbonyl (C=O) groups is 2. The Kier molecular flexibility index (Phi) is 5.15. The number of carbonyl (C=O) groups excluding carboxylic acids is 2. The van der Waals surface area contributed by atoms with Gasteiger partial charge in [-0.3, -0.25) is 9.59 Å². The van der Waals surface area contributed by atoms with E-state index < -0.39 is 5.25 Å². The smallest absolute Gasteiger partial charge is 0.247 e. The first-order chi connectivity index (χ1) is 12.1. The van der Waals surface area contributed by atoms with Crippen LogP contribution in [0, 0.1) is 11.3 Å². The normalized spacial score (nSPS) is 17.0. The van der Waals surface area contributed by atoms with Crippen molar-refractivity contribution in [3.8, 4) is 6.07 Å². The van der Waals surface area contributed by atoms with Crippen molar-refractivity contribution in [2.24, 2.45) is 0 Å². The van der Waals surface area contributed by atoms with Crippen LogP contribution >= 0.6 is 11.8 Å². The zero-order valence-corrected chi connectivity index (χ0v) is 14.6. The summed E-state index contributed by atoms with van der Waals surface area (Å²) in [6.45, 7) is 2.06. The number of hydrogen-bond donors (Lipinski definition) is 0. The molecular formula is C19H17N3O2S. The monoisotopic (exact) mass is 351 g/mol. The van der Waals surface area contributed by atoms with Crippen LogP contribution in [-0.4, -0.2) is 22.0 Å². The van der Waals surface area contributed by atoms with E-state index in [0.29, 0.717) is 16.3 Å². The second-order valence-electron chi connectivity index (χ2n) is 5.73. The van der Waals surface area contributed by atoms with Gasteiger partial charge in [-0.2, -0.15) is 5.26 Å². The molecule has 5 nitrogen and oxygen atoms in total. The van der Waals surface area contributed by atoms with Crippen molar-refractivity contribution in [1.82, 2.24) is 4.98 Å². The van der Waals surface area contributed by atoms with Gasteiger partial charge in [-0.1, -0.05) is 43.3 Å². The molecule has 126 valence electrons. The first-order valence-electron chi connectivity index (χ1n) is 8.12. The summed E-state index contributed by atoms with van der Waals surface area (Å²) in [4.78, 5) is 30.8. The number of aryl methyl sites for hydroxylation is 1. The van der Waals surface area contributed by atoms with Gasteiger partial charge in [0.2, 0.25) is 11.8 Å². The highest BCUT2D eigenvalue weighted by molar-refractivity contribution is 8.00. The van der Waals surface area contributed by atoms with Crippen molar-refractivity contribution in [2.45, 2.75) is 36.5 Å². The van der Waals surface area contributed by atoms with Crippen molar-refractivity contribution in [1.29, 1.82) is 5.26 Å². The third-order valence-corrected chi connectivity index (χ3v) is 5.11. The number of imide groups is 1. The Hall–Kier alpha value is -2.65. The maximum atomic E-state index is 12.7. The van der Waals surface area contributed by atoms with Gasteiger partial charge in [0, 0.05) is 12.1 Å². The Bertz CT molecular complexity index is 845.